The number of carbonyl (C=O) groups excluding carboxylic acids is 2. The molecule has 0 aliphatic carbocycles. The first-order valence-electron chi connectivity index (χ1n) is 7.53. The lowest BCUT2D eigenvalue weighted by Crippen LogP contribution is -2.24. The molecule has 0 spiro atoms. The largest absolute Gasteiger partial charge is 0.449 e. The van der Waals surface area contributed by atoms with Gasteiger partial charge in [0.15, 0.2) is 11.8 Å². The number of esters is 1. The topological polar surface area (TPSA) is 74.1 Å². The molecule has 1 heterocycles. The molecule has 0 amide bonds. The molecular weight excluding hydrogens is 325 g/mol. The monoisotopic (exact) mass is 339 g/mol. The van der Waals surface area contributed by atoms with Crippen molar-refractivity contribution >= 4 is 11.8 Å². The first-order chi connectivity index (χ1) is 12.0. The summed E-state index contributed by atoms with van der Waals surface area (Å²) in [5, 5.41) is 8.05. The maximum Gasteiger partial charge on any atom is 0.361 e. The first kappa shape index (κ1) is 16.5. The Kier molecular flexibility index (Phi) is 4.65. The summed E-state index contributed by atoms with van der Waals surface area (Å²) in [6.07, 6.45) is 0.240. The van der Waals surface area contributed by atoms with Crippen LogP contribution < -0.4 is 0 Å². The predicted octanol–water partition coefficient (Wildman–Crippen LogP) is 2.83. The SMILES string of the molecule is C[C@@H](OC(=O)c1cnn(-c2ccccc2)n1)C(=O)c1ccc(F)cc1. The lowest BCUT2D eigenvalue weighted by Gasteiger charge is -2.11. The van der Waals surface area contributed by atoms with Gasteiger partial charge in [0, 0.05) is 5.56 Å². The van der Waals surface area contributed by atoms with Crippen LogP contribution in [-0.2, 0) is 4.74 Å². The van der Waals surface area contributed by atoms with Crippen molar-refractivity contribution in [1.29, 1.82) is 0 Å². The minimum absolute atomic E-state index is 0.0115. The molecule has 7 heteroatoms. The van der Waals surface area contributed by atoms with Gasteiger partial charge >= 0.3 is 5.97 Å². The summed E-state index contributed by atoms with van der Waals surface area (Å²) in [7, 11) is 0. The molecule has 0 radical (unpaired) electrons. The van der Waals surface area contributed by atoms with Crippen LogP contribution in [0.15, 0.2) is 60.8 Å². The van der Waals surface area contributed by atoms with Crippen LogP contribution in [0.1, 0.15) is 27.8 Å². The van der Waals surface area contributed by atoms with Crippen molar-refractivity contribution < 1.29 is 18.7 Å². The van der Waals surface area contributed by atoms with Gasteiger partial charge in [-0.15, -0.1) is 5.10 Å². The minimum atomic E-state index is -1.03. The Morgan fingerprint density at radius 2 is 1.76 bits per heavy atom. The molecule has 0 saturated heterocycles. The molecule has 1 aromatic heterocycles. The number of carbonyl (C=O) groups is 2. The highest BCUT2D eigenvalue weighted by molar-refractivity contribution is 6.01. The molecule has 0 aliphatic rings. The van der Waals surface area contributed by atoms with Crippen molar-refractivity contribution in [3.05, 3.63) is 77.9 Å². The number of aromatic nitrogens is 3. The van der Waals surface area contributed by atoms with Crippen LogP contribution >= 0.6 is 0 Å². The second-order valence-corrected chi connectivity index (χ2v) is 5.27. The summed E-state index contributed by atoms with van der Waals surface area (Å²) in [6.45, 7) is 1.45. The van der Waals surface area contributed by atoms with Gasteiger partial charge < -0.3 is 4.74 Å². The molecule has 25 heavy (non-hydrogen) atoms. The van der Waals surface area contributed by atoms with Gasteiger partial charge in [0.1, 0.15) is 5.82 Å². The third kappa shape index (κ3) is 3.77. The zero-order valence-corrected chi connectivity index (χ0v) is 13.3. The number of ketones is 1. The molecule has 0 N–H and O–H groups in total. The summed E-state index contributed by atoms with van der Waals surface area (Å²) in [5.41, 5.74) is 0.939. The van der Waals surface area contributed by atoms with Crippen molar-refractivity contribution in [1.82, 2.24) is 15.0 Å². The molecular formula is C18H14FN3O3. The van der Waals surface area contributed by atoms with Crippen LogP contribution in [-0.4, -0.2) is 32.9 Å². The first-order valence-corrected chi connectivity index (χ1v) is 7.53. The van der Waals surface area contributed by atoms with Gasteiger partial charge in [-0.25, -0.2) is 9.18 Å². The zero-order chi connectivity index (χ0) is 17.8. The third-order valence-corrected chi connectivity index (χ3v) is 3.47. The smallest absolute Gasteiger partial charge is 0.361 e. The minimum Gasteiger partial charge on any atom is -0.449 e. The van der Waals surface area contributed by atoms with Crippen molar-refractivity contribution in [3.63, 3.8) is 0 Å². The molecule has 6 nitrogen and oxygen atoms in total. The van der Waals surface area contributed by atoms with Gasteiger partial charge in [-0.3, -0.25) is 4.79 Å². The Balaban J connectivity index is 1.68. The number of para-hydroxylation sites is 1. The molecule has 0 fully saturated rings. The fourth-order valence-electron chi connectivity index (χ4n) is 2.17. The average molecular weight is 339 g/mol. The Morgan fingerprint density at radius 1 is 1.08 bits per heavy atom. The fraction of sp³-hybridized carbons (Fsp3) is 0.111. The van der Waals surface area contributed by atoms with Crippen molar-refractivity contribution in [2.24, 2.45) is 0 Å². The summed E-state index contributed by atoms with van der Waals surface area (Å²) in [5.74, 6) is -1.63. The summed E-state index contributed by atoms with van der Waals surface area (Å²) in [4.78, 5) is 25.6. The number of nitrogens with zero attached hydrogens (tertiary/aromatic N) is 3. The Bertz CT molecular complexity index is 891. The van der Waals surface area contributed by atoms with Crippen molar-refractivity contribution in [2.45, 2.75) is 13.0 Å². The van der Waals surface area contributed by atoms with Crippen LogP contribution in [0.3, 0.4) is 0 Å². The highest BCUT2D eigenvalue weighted by Gasteiger charge is 2.22. The highest BCUT2D eigenvalue weighted by atomic mass is 19.1. The number of hydrogen-bond donors (Lipinski definition) is 0. The Hall–Kier alpha value is -3.35. The average Bonchev–Trinajstić information content (AvgIpc) is 3.13. The standard InChI is InChI=1S/C18H14FN3O3/c1-12(17(23)13-7-9-14(19)10-8-13)25-18(24)16-11-20-22(21-16)15-5-3-2-4-6-15/h2-12H,1H3/t12-/m1/s1. The van der Waals surface area contributed by atoms with Crippen LogP contribution in [0, 0.1) is 5.82 Å². The number of hydrogen-bond acceptors (Lipinski definition) is 5. The molecule has 3 rings (SSSR count). The number of rotatable bonds is 5. The van der Waals surface area contributed by atoms with E-state index in [2.05, 4.69) is 10.2 Å². The van der Waals surface area contributed by atoms with E-state index < -0.39 is 23.7 Å². The number of benzene rings is 2. The van der Waals surface area contributed by atoms with Gasteiger partial charge in [0.2, 0.25) is 5.78 Å². The number of halogens is 1. The fourth-order valence-corrected chi connectivity index (χ4v) is 2.17. The van der Waals surface area contributed by atoms with E-state index in [1.165, 1.54) is 42.2 Å². The third-order valence-electron chi connectivity index (χ3n) is 3.47. The number of ether oxygens (including phenoxy) is 1. The van der Waals surface area contributed by atoms with Crippen LogP contribution in [0.5, 0.6) is 0 Å². The maximum absolute atomic E-state index is 12.9. The van der Waals surface area contributed by atoms with E-state index >= 15 is 0 Å². The Morgan fingerprint density at radius 3 is 2.44 bits per heavy atom. The van der Waals surface area contributed by atoms with E-state index in [4.69, 9.17) is 4.74 Å². The molecule has 126 valence electrons. The van der Waals surface area contributed by atoms with Crippen LogP contribution in [0.25, 0.3) is 5.69 Å². The lowest BCUT2D eigenvalue weighted by molar-refractivity contribution is 0.0312. The lowest BCUT2D eigenvalue weighted by atomic mass is 10.1. The highest BCUT2D eigenvalue weighted by Crippen LogP contribution is 2.10. The van der Waals surface area contributed by atoms with E-state index in [1.54, 1.807) is 12.1 Å². The molecule has 2 aromatic carbocycles. The quantitative estimate of drug-likeness (QED) is 0.528. The molecule has 0 aliphatic heterocycles. The van der Waals surface area contributed by atoms with Gasteiger partial charge in [-0.2, -0.15) is 9.90 Å². The van der Waals surface area contributed by atoms with Crippen LogP contribution in [0.4, 0.5) is 4.39 Å². The van der Waals surface area contributed by atoms with E-state index in [0.717, 1.165) is 0 Å². The normalized spacial score (nSPS) is 11.8. The van der Waals surface area contributed by atoms with E-state index in [-0.39, 0.29) is 11.3 Å². The zero-order valence-electron chi connectivity index (χ0n) is 13.3. The van der Waals surface area contributed by atoms with Gasteiger partial charge in [0.05, 0.1) is 11.9 Å². The predicted molar refractivity (Wildman–Crippen MR) is 87.0 cm³/mol. The Labute approximate surface area is 142 Å². The second kappa shape index (κ2) is 7.04. The van der Waals surface area contributed by atoms with E-state index in [0.29, 0.717) is 5.69 Å². The van der Waals surface area contributed by atoms with Crippen LogP contribution in [0.2, 0.25) is 0 Å². The van der Waals surface area contributed by atoms with Gasteiger partial charge in [0.25, 0.3) is 0 Å². The second-order valence-electron chi connectivity index (χ2n) is 5.27. The molecule has 3 aromatic rings. The summed E-state index contributed by atoms with van der Waals surface area (Å²) >= 11 is 0. The van der Waals surface area contributed by atoms with E-state index in [9.17, 15) is 14.0 Å². The summed E-state index contributed by atoms with van der Waals surface area (Å²) < 4.78 is 18.0. The molecule has 0 unspecified atom stereocenters. The summed E-state index contributed by atoms with van der Waals surface area (Å²) in [6, 6.07) is 14.1. The van der Waals surface area contributed by atoms with E-state index in [1.807, 2.05) is 18.2 Å². The molecule has 1 atom stereocenters. The van der Waals surface area contributed by atoms with Gasteiger partial charge in [-0.05, 0) is 43.3 Å². The van der Waals surface area contributed by atoms with Crippen molar-refractivity contribution in [2.75, 3.05) is 0 Å². The molecule has 0 saturated carbocycles. The number of Topliss-reactive ketones (excluding diaryl/α,β-unsaturated/α-hetero) is 1. The van der Waals surface area contributed by atoms with Crippen molar-refractivity contribution in [3.8, 4) is 5.69 Å². The maximum atomic E-state index is 12.9. The molecule has 0 bridgehead atoms. The van der Waals surface area contributed by atoms with Gasteiger partial charge in [-0.1, -0.05) is 18.2 Å².